The van der Waals surface area contributed by atoms with Crippen LogP contribution < -0.4 is 10.9 Å². The lowest BCUT2D eigenvalue weighted by molar-refractivity contribution is -0.712. The number of quaternary nitrogens is 1. The van der Waals surface area contributed by atoms with Gasteiger partial charge < -0.3 is 14.7 Å². The normalized spacial score (nSPS) is 12.7. The SMILES string of the molecule is CC[C@@H]([NH2+]Cc1nc2c(oc3ccccc32)c(=O)[nH]1)c1ccc(Br)cc1. The predicted octanol–water partition coefficient (Wildman–Crippen LogP) is 3.65. The van der Waals surface area contributed by atoms with E-state index in [9.17, 15) is 4.79 Å². The lowest BCUT2D eigenvalue weighted by atomic mass is 10.0. The molecule has 2 aromatic heterocycles. The minimum atomic E-state index is -0.230. The number of rotatable bonds is 5. The second kappa shape index (κ2) is 7.05. The molecule has 5 nitrogen and oxygen atoms in total. The molecule has 0 unspecified atom stereocenters. The molecule has 0 amide bonds. The Morgan fingerprint density at radius 1 is 1.19 bits per heavy atom. The Bertz CT molecular complexity index is 1120. The van der Waals surface area contributed by atoms with Gasteiger partial charge >= 0.3 is 0 Å². The third kappa shape index (κ3) is 3.18. The molecule has 6 heteroatoms. The number of aromatic amines is 1. The monoisotopic (exact) mass is 412 g/mol. The van der Waals surface area contributed by atoms with Crippen LogP contribution in [0, 0.1) is 0 Å². The van der Waals surface area contributed by atoms with E-state index in [1.807, 2.05) is 24.3 Å². The molecule has 0 saturated heterocycles. The zero-order chi connectivity index (χ0) is 18.1. The van der Waals surface area contributed by atoms with E-state index in [-0.39, 0.29) is 11.1 Å². The fraction of sp³-hybridized carbons (Fsp3) is 0.200. The van der Waals surface area contributed by atoms with Crippen LogP contribution in [-0.2, 0) is 6.54 Å². The maximum absolute atomic E-state index is 12.4. The highest BCUT2D eigenvalue weighted by atomic mass is 79.9. The minimum absolute atomic E-state index is 0.230. The van der Waals surface area contributed by atoms with Gasteiger partial charge in [-0.2, -0.15) is 0 Å². The molecule has 0 spiro atoms. The average Bonchev–Trinajstić information content (AvgIpc) is 3.03. The van der Waals surface area contributed by atoms with Gasteiger partial charge in [0.1, 0.15) is 23.7 Å². The quantitative estimate of drug-likeness (QED) is 0.525. The van der Waals surface area contributed by atoms with Crippen LogP contribution in [0.5, 0.6) is 0 Å². The highest BCUT2D eigenvalue weighted by Gasteiger charge is 2.16. The van der Waals surface area contributed by atoms with Crippen molar-refractivity contribution in [2.75, 3.05) is 0 Å². The molecule has 0 bridgehead atoms. The van der Waals surface area contributed by atoms with Gasteiger partial charge in [-0.15, -0.1) is 0 Å². The van der Waals surface area contributed by atoms with E-state index in [1.165, 1.54) is 5.56 Å². The molecule has 2 aromatic carbocycles. The number of nitrogens with one attached hydrogen (secondary N) is 1. The lowest BCUT2D eigenvalue weighted by Gasteiger charge is -2.14. The molecule has 4 aromatic rings. The topological polar surface area (TPSA) is 75.5 Å². The Balaban J connectivity index is 1.63. The third-order valence-corrected chi connectivity index (χ3v) is 5.14. The molecule has 2 heterocycles. The van der Waals surface area contributed by atoms with Crippen LogP contribution in [0.3, 0.4) is 0 Å². The summed E-state index contributed by atoms with van der Waals surface area (Å²) in [5, 5.41) is 3.07. The molecule has 4 rings (SSSR count). The number of H-pyrrole nitrogens is 1. The summed E-state index contributed by atoms with van der Waals surface area (Å²) >= 11 is 3.47. The molecule has 1 atom stereocenters. The fourth-order valence-corrected chi connectivity index (χ4v) is 3.51. The van der Waals surface area contributed by atoms with Crippen LogP contribution >= 0.6 is 15.9 Å². The van der Waals surface area contributed by atoms with E-state index >= 15 is 0 Å². The van der Waals surface area contributed by atoms with Gasteiger partial charge in [-0.05, 0) is 24.3 Å². The van der Waals surface area contributed by atoms with Crippen molar-refractivity contribution in [1.29, 1.82) is 0 Å². The first-order valence-corrected chi connectivity index (χ1v) is 9.44. The van der Waals surface area contributed by atoms with Gasteiger partial charge in [-0.1, -0.05) is 47.1 Å². The summed E-state index contributed by atoms with van der Waals surface area (Å²) in [4.78, 5) is 19.9. The molecule has 0 saturated carbocycles. The summed E-state index contributed by atoms with van der Waals surface area (Å²) in [5.41, 5.74) is 2.63. The molecule has 0 fully saturated rings. The minimum Gasteiger partial charge on any atom is -0.449 e. The van der Waals surface area contributed by atoms with Crippen LogP contribution in [-0.4, -0.2) is 9.97 Å². The molecule has 26 heavy (non-hydrogen) atoms. The van der Waals surface area contributed by atoms with E-state index in [0.717, 1.165) is 16.3 Å². The standard InChI is InChI=1S/C20H18BrN3O2/c1-2-15(12-7-9-13(21)10-8-12)22-11-17-23-18-14-5-3-4-6-16(14)26-19(18)20(25)24-17/h3-10,15,22H,2,11H2,1H3,(H,23,24,25)/p+1/t15-/m1/s1. The number of para-hydroxylation sites is 1. The van der Waals surface area contributed by atoms with Crippen molar-refractivity contribution in [2.24, 2.45) is 0 Å². The van der Waals surface area contributed by atoms with Gasteiger partial charge in [0.05, 0.1) is 0 Å². The summed E-state index contributed by atoms with van der Waals surface area (Å²) in [7, 11) is 0. The lowest BCUT2D eigenvalue weighted by Crippen LogP contribution is -2.83. The van der Waals surface area contributed by atoms with E-state index in [2.05, 4.69) is 62.4 Å². The fourth-order valence-electron chi connectivity index (χ4n) is 3.25. The zero-order valence-corrected chi connectivity index (χ0v) is 15.9. The first-order valence-electron chi connectivity index (χ1n) is 8.65. The zero-order valence-electron chi connectivity index (χ0n) is 14.3. The Morgan fingerprint density at radius 2 is 1.96 bits per heavy atom. The first-order chi connectivity index (χ1) is 12.7. The van der Waals surface area contributed by atoms with E-state index < -0.39 is 0 Å². The highest BCUT2D eigenvalue weighted by molar-refractivity contribution is 9.10. The Kier molecular flexibility index (Phi) is 4.61. The van der Waals surface area contributed by atoms with Gasteiger partial charge in [-0.25, -0.2) is 4.98 Å². The Morgan fingerprint density at radius 3 is 2.73 bits per heavy atom. The van der Waals surface area contributed by atoms with Crippen molar-refractivity contribution in [3.8, 4) is 0 Å². The number of fused-ring (bicyclic) bond motifs is 3. The van der Waals surface area contributed by atoms with Crippen molar-refractivity contribution < 1.29 is 9.73 Å². The summed E-state index contributed by atoms with van der Waals surface area (Å²) in [6, 6.07) is 16.2. The second-order valence-corrected chi connectivity index (χ2v) is 7.21. The van der Waals surface area contributed by atoms with E-state index in [1.54, 1.807) is 0 Å². The number of furan rings is 1. The molecular weight excluding hydrogens is 394 g/mol. The van der Waals surface area contributed by atoms with Crippen LogP contribution in [0.25, 0.3) is 22.1 Å². The third-order valence-electron chi connectivity index (χ3n) is 4.61. The number of hydrogen-bond donors (Lipinski definition) is 2. The number of benzene rings is 2. The second-order valence-electron chi connectivity index (χ2n) is 6.29. The molecule has 0 radical (unpaired) electrons. The van der Waals surface area contributed by atoms with Crippen molar-refractivity contribution >= 4 is 38.0 Å². The summed E-state index contributed by atoms with van der Waals surface area (Å²) in [6.45, 7) is 2.76. The van der Waals surface area contributed by atoms with Crippen LogP contribution in [0.1, 0.15) is 30.8 Å². The number of halogens is 1. The molecule has 0 aliphatic heterocycles. The Hall–Kier alpha value is -2.44. The van der Waals surface area contributed by atoms with Crippen LogP contribution in [0.4, 0.5) is 0 Å². The maximum Gasteiger partial charge on any atom is 0.294 e. The van der Waals surface area contributed by atoms with E-state index in [0.29, 0.717) is 29.5 Å². The molecule has 0 aliphatic carbocycles. The molecule has 132 valence electrons. The van der Waals surface area contributed by atoms with Gasteiger partial charge in [-0.3, -0.25) is 4.79 Å². The summed E-state index contributed by atoms with van der Waals surface area (Å²) in [6.07, 6.45) is 0.989. The van der Waals surface area contributed by atoms with E-state index in [4.69, 9.17) is 4.42 Å². The number of hydrogen-bond acceptors (Lipinski definition) is 3. The average molecular weight is 413 g/mol. The van der Waals surface area contributed by atoms with Gasteiger partial charge in [0.2, 0.25) is 5.58 Å². The van der Waals surface area contributed by atoms with Crippen molar-refractivity contribution in [3.05, 3.63) is 74.7 Å². The first kappa shape index (κ1) is 17.0. The predicted molar refractivity (Wildman–Crippen MR) is 105 cm³/mol. The smallest absolute Gasteiger partial charge is 0.294 e. The van der Waals surface area contributed by atoms with Crippen LogP contribution in [0.15, 0.2) is 62.2 Å². The van der Waals surface area contributed by atoms with Crippen LogP contribution in [0.2, 0.25) is 0 Å². The summed E-state index contributed by atoms with van der Waals surface area (Å²) in [5.74, 6) is 0.657. The number of nitrogens with two attached hydrogens (primary N) is 1. The van der Waals surface area contributed by atoms with Crippen molar-refractivity contribution in [2.45, 2.75) is 25.9 Å². The van der Waals surface area contributed by atoms with Gasteiger partial charge in [0.15, 0.2) is 5.82 Å². The maximum atomic E-state index is 12.4. The van der Waals surface area contributed by atoms with Crippen molar-refractivity contribution in [3.63, 3.8) is 0 Å². The van der Waals surface area contributed by atoms with Gasteiger partial charge in [0.25, 0.3) is 5.56 Å². The van der Waals surface area contributed by atoms with Crippen molar-refractivity contribution in [1.82, 2.24) is 9.97 Å². The molecule has 0 aliphatic rings. The largest absolute Gasteiger partial charge is 0.449 e. The number of aromatic nitrogens is 2. The molecular formula is C20H19BrN3O2+. The molecule has 3 N–H and O–H groups in total. The highest BCUT2D eigenvalue weighted by Crippen LogP contribution is 2.24. The number of nitrogens with zero attached hydrogens (tertiary/aromatic N) is 1. The summed E-state index contributed by atoms with van der Waals surface area (Å²) < 4.78 is 6.71. The van der Waals surface area contributed by atoms with Gasteiger partial charge in [0, 0.05) is 21.8 Å². The Labute approximate surface area is 158 Å².